The third-order valence-electron chi connectivity index (χ3n) is 9.12. The minimum Gasteiger partial charge on any atom is -0.295 e. The number of fused-ring (bicyclic) bond motifs is 10. The highest BCUT2D eigenvalue weighted by Gasteiger charge is 2.22. The van der Waals surface area contributed by atoms with Crippen LogP contribution in [0.5, 0.6) is 0 Å². The van der Waals surface area contributed by atoms with E-state index in [1.165, 1.54) is 54.8 Å². The number of imidazole rings is 1. The molecule has 0 amide bonds. The molecule has 0 atom stereocenters. The Bertz CT molecular complexity index is 2710. The van der Waals surface area contributed by atoms with Crippen LogP contribution in [0.2, 0.25) is 0 Å². The normalized spacial score (nSPS) is 12.1. The molecule has 0 aliphatic rings. The van der Waals surface area contributed by atoms with Gasteiger partial charge in [0.1, 0.15) is 11.3 Å². The molecule has 4 nitrogen and oxygen atoms in total. The van der Waals surface area contributed by atoms with Gasteiger partial charge in [0.25, 0.3) is 0 Å². The van der Waals surface area contributed by atoms with Crippen molar-refractivity contribution in [3.05, 3.63) is 158 Å². The molecule has 4 aromatic heterocycles. The molecule has 0 N–H and O–H groups in total. The van der Waals surface area contributed by atoms with Gasteiger partial charge >= 0.3 is 0 Å². The van der Waals surface area contributed by atoms with E-state index in [1.54, 1.807) is 0 Å². The lowest BCUT2D eigenvalue weighted by Gasteiger charge is -2.14. The van der Waals surface area contributed by atoms with Crippen molar-refractivity contribution in [2.45, 2.75) is 0 Å². The summed E-state index contributed by atoms with van der Waals surface area (Å²) < 4.78 is 9.64. The molecule has 0 saturated carbocycles. The molecule has 0 aliphatic heterocycles. The minimum atomic E-state index is 1.13. The molecule has 10 rings (SSSR count). The molecule has 4 heteroatoms. The first-order valence-corrected chi connectivity index (χ1v) is 15.1. The Hall–Kier alpha value is -6.00. The second kappa shape index (κ2) is 8.76. The first kappa shape index (κ1) is 23.6. The molecule has 0 bridgehead atoms. The Labute approximate surface area is 252 Å². The summed E-state index contributed by atoms with van der Waals surface area (Å²) in [6.07, 6.45) is 0. The maximum absolute atomic E-state index is 2.44. The van der Waals surface area contributed by atoms with Gasteiger partial charge in [-0.3, -0.25) is 18.1 Å². The van der Waals surface area contributed by atoms with Crippen molar-refractivity contribution in [1.82, 2.24) is 18.1 Å². The van der Waals surface area contributed by atoms with Crippen molar-refractivity contribution in [2.75, 3.05) is 0 Å². The van der Waals surface area contributed by atoms with E-state index in [0.29, 0.717) is 0 Å². The van der Waals surface area contributed by atoms with Crippen LogP contribution in [0.1, 0.15) is 0 Å². The monoisotopic (exact) mass is 562 g/mol. The Kier molecular flexibility index (Phi) is 4.69. The Morgan fingerprint density at radius 3 is 1.59 bits per heavy atom. The Morgan fingerprint density at radius 2 is 0.864 bits per heavy atom. The third-order valence-corrected chi connectivity index (χ3v) is 9.12. The summed E-state index contributed by atoms with van der Waals surface area (Å²) in [6, 6.07) is 56.9. The van der Waals surface area contributed by atoms with Gasteiger partial charge in [-0.2, -0.15) is 0 Å². The molecule has 0 fully saturated rings. The second-order valence-corrected chi connectivity index (χ2v) is 11.5. The van der Waals surface area contributed by atoms with Crippen molar-refractivity contribution < 1.29 is 0 Å². The van der Waals surface area contributed by atoms with E-state index in [2.05, 4.69) is 176 Å². The summed E-state index contributed by atoms with van der Waals surface area (Å²) in [5, 5.41) is 5.03. The van der Waals surface area contributed by atoms with Crippen molar-refractivity contribution in [1.29, 1.82) is 0 Å². The molecule has 0 spiro atoms. The maximum atomic E-state index is 2.44. The predicted octanol–water partition coefficient (Wildman–Crippen LogP) is 10.1. The summed E-state index contributed by atoms with van der Waals surface area (Å²) in [7, 11) is 0. The van der Waals surface area contributed by atoms with Crippen molar-refractivity contribution in [3.8, 4) is 17.1 Å². The third kappa shape index (κ3) is 3.06. The zero-order valence-electron chi connectivity index (χ0n) is 23.8. The van der Waals surface area contributed by atoms with E-state index < -0.39 is 0 Å². The summed E-state index contributed by atoms with van der Waals surface area (Å²) in [5.41, 5.74) is 11.7. The van der Waals surface area contributed by atoms with Gasteiger partial charge in [-0.05, 0) is 66.7 Å². The van der Waals surface area contributed by atoms with E-state index in [9.17, 15) is 0 Å². The quantitative estimate of drug-likeness (QED) is 0.204. The SMILES string of the molecule is c1ccc(-n2c3ccccc3c3c4ccccc4n(-c4cccc(-n5c6ccccc6n6c7ccccc7cc56)c4)c32)cc1. The van der Waals surface area contributed by atoms with Gasteiger partial charge in [-0.25, -0.2) is 0 Å². The lowest BCUT2D eigenvalue weighted by Crippen LogP contribution is -2.02. The number of hydrogen-bond donors (Lipinski definition) is 0. The molecule has 0 saturated heterocycles. The smallest absolute Gasteiger partial charge is 0.131 e. The van der Waals surface area contributed by atoms with Gasteiger partial charge in [0.15, 0.2) is 0 Å². The van der Waals surface area contributed by atoms with Gasteiger partial charge in [-0.15, -0.1) is 0 Å². The van der Waals surface area contributed by atoms with E-state index in [1.807, 2.05) is 0 Å². The molecular weight excluding hydrogens is 536 g/mol. The summed E-state index contributed by atoms with van der Waals surface area (Å²) in [5.74, 6) is 0. The fourth-order valence-electron chi connectivity index (χ4n) is 7.36. The zero-order valence-corrected chi connectivity index (χ0v) is 23.8. The number of rotatable bonds is 3. The summed E-state index contributed by atoms with van der Waals surface area (Å²) in [6.45, 7) is 0. The highest BCUT2D eigenvalue weighted by atomic mass is 15.2. The Morgan fingerprint density at radius 1 is 0.341 bits per heavy atom. The maximum Gasteiger partial charge on any atom is 0.131 e. The number of benzene rings is 6. The van der Waals surface area contributed by atoms with Crippen LogP contribution in [-0.2, 0) is 0 Å². The molecule has 10 aromatic rings. The number of para-hydroxylation sites is 6. The number of aromatic nitrogens is 4. The molecule has 0 aliphatic carbocycles. The molecule has 206 valence electrons. The number of nitrogens with zero attached hydrogens (tertiary/aromatic N) is 4. The summed E-state index contributed by atoms with van der Waals surface area (Å²) in [4.78, 5) is 0. The molecule has 44 heavy (non-hydrogen) atoms. The lowest BCUT2D eigenvalue weighted by molar-refractivity contribution is 1.06. The molecule has 4 heterocycles. The fourth-order valence-corrected chi connectivity index (χ4v) is 7.36. The predicted molar refractivity (Wildman–Crippen MR) is 183 cm³/mol. The van der Waals surface area contributed by atoms with Crippen LogP contribution in [0.15, 0.2) is 158 Å². The van der Waals surface area contributed by atoms with Gasteiger partial charge in [0.2, 0.25) is 0 Å². The van der Waals surface area contributed by atoms with Gasteiger partial charge in [-0.1, -0.05) is 91.0 Å². The van der Waals surface area contributed by atoms with Crippen molar-refractivity contribution in [2.24, 2.45) is 0 Å². The van der Waals surface area contributed by atoms with E-state index in [4.69, 9.17) is 0 Å². The lowest BCUT2D eigenvalue weighted by atomic mass is 10.1. The average Bonchev–Trinajstić information content (AvgIpc) is 3.80. The van der Waals surface area contributed by atoms with Crippen LogP contribution < -0.4 is 0 Å². The molecular formula is C40H26N4. The van der Waals surface area contributed by atoms with Crippen LogP contribution >= 0.6 is 0 Å². The topological polar surface area (TPSA) is 19.2 Å². The van der Waals surface area contributed by atoms with Gasteiger partial charge in [0.05, 0.1) is 27.6 Å². The average molecular weight is 563 g/mol. The second-order valence-electron chi connectivity index (χ2n) is 11.5. The van der Waals surface area contributed by atoms with Crippen molar-refractivity contribution >= 4 is 60.4 Å². The van der Waals surface area contributed by atoms with Crippen LogP contribution in [0.3, 0.4) is 0 Å². The first-order valence-electron chi connectivity index (χ1n) is 15.1. The van der Waals surface area contributed by atoms with Crippen LogP contribution in [0.25, 0.3) is 77.5 Å². The van der Waals surface area contributed by atoms with E-state index in [-0.39, 0.29) is 0 Å². The van der Waals surface area contributed by atoms with E-state index >= 15 is 0 Å². The zero-order chi connectivity index (χ0) is 28.8. The van der Waals surface area contributed by atoms with Gasteiger partial charge in [0, 0.05) is 38.6 Å². The fraction of sp³-hybridized carbons (Fsp3) is 0. The first-order chi connectivity index (χ1) is 21.9. The number of hydrogen-bond acceptors (Lipinski definition) is 0. The minimum absolute atomic E-state index is 1.13. The van der Waals surface area contributed by atoms with Crippen LogP contribution in [0.4, 0.5) is 0 Å². The van der Waals surface area contributed by atoms with Crippen LogP contribution in [0, 0.1) is 0 Å². The highest BCUT2D eigenvalue weighted by molar-refractivity contribution is 6.22. The van der Waals surface area contributed by atoms with Crippen molar-refractivity contribution in [3.63, 3.8) is 0 Å². The summed E-state index contributed by atoms with van der Waals surface area (Å²) >= 11 is 0. The largest absolute Gasteiger partial charge is 0.295 e. The van der Waals surface area contributed by atoms with Gasteiger partial charge < -0.3 is 0 Å². The van der Waals surface area contributed by atoms with Crippen LogP contribution in [-0.4, -0.2) is 18.1 Å². The Balaban J connectivity index is 1.33. The molecule has 0 unspecified atom stereocenters. The molecule has 0 radical (unpaired) electrons. The standard InChI is InChI=1S/C40H26N4/c1-2-14-28(15-3-1)42-34-21-8-5-18-31(34)39-32-19-6-9-22-35(32)43(40(39)42)30-17-12-16-29(26-30)41-36-23-10-11-24-37(36)44-33-20-7-4-13-27(33)25-38(41)44/h1-26H. The highest BCUT2D eigenvalue weighted by Crippen LogP contribution is 2.41. The van der Waals surface area contributed by atoms with E-state index in [0.717, 1.165) is 22.7 Å². The molecule has 6 aromatic carbocycles.